The lowest BCUT2D eigenvalue weighted by Gasteiger charge is -2.13. The molecular weight excluding hydrogens is 419 g/mol. The fourth-order valence-corrected chi connectivity index (χ4v) is 3.59. The van der Waals surface area contributed by atoms with Crippen LogP contribution in [0.5, 0.6) is 0 Å². The van der Waals surface area contributed by atoms with Crippen molar-refractivity contribution >= 4 is 28.9 Å². The van der Waals surface area contributed by atoms with Gasteiger partial charge in [-0.25, -0.2) is 4.98 Å². The van der Waals surface area contributed by atoms with Gasteiger partial charge >= 0.3 is 6.18 Å². The highest BCUT2D eigenvalue weighted by Crippen LogP contribution is 2.29. The van der Waals surface area contributed by atoms with Crippen molar-refractivity contribution in [1.29, 1.82) is 0 Å². The summed E-state index contributed by atoms with van der Waals surface area (Å²) in [6, 6.07) is 7.35. The maximum absolute atomic E-state index is 12.6. The largest absolute Gasteiger partial charge is 0.434 e. The molecular formula is C19H22F3N5O2S. The van der Waals surface area contributed by atoms with Crippen LogP contribution in [-0.4, -0.2) is 36.6 Å². The van der Waals surface area contributed by atoms with Gasteiger partial charge in [-0.15, -0.1) is 11.3 Å². The van der Waals surface area contributed by atoms with E-state index in [1.54, 1.807) is 13.1 Å². The highest BCUT2D eigenvalue weighted by atomic mass is 32.1. The molecule has 2 heterocycles. The number of carbonyl (C=O) groups is 1. The van der Waals surface area contributed by atoms with Gasteiger partial charge in [-0.3, -0.25) is 9.79 Å². The summed E-state index contributed by atoms with van der Waals surface area (Å²) in [5.74, 6) is 0.268. The molecule has 0 bridgehead atoms. The van der Waals surface area contributed by atoms with Crippen molar-refractivity contribution in [2.75, 3.05) is 19.0 Å². The maximum atomic E-state index is 12.6. The molecule has 1 atom stereocenters. The number of halogens is 3. The molecule has 2 aromatic rings. The predicted molar refractivity (Wildman–Crippen MR) is 108 cm³/mol. The monoisotopic (exact) mass is 441 g/mol. The first-order valence-corrected chi connectivity index (χ1v) is 10.2. The second-order valence-corrected chi connectivity index (χ2v) is 7.54. The standard InChI is InChI=1S/C19H22F3N5O2S/c1-23-18(25-10-16-27-15(11-30-16)19(20,21)22)24-9-12-4-2-5-13(8-12)26-17(28)14-6-3-7-29-14/h2,4-5,8,11,14H,3,6-7,9-10H2,1H3,(H,26,28)(H2,23,24,25). The van der Waals surface area contributed by atoms with Gasteiger partial charge < -0.3 is 20.7 Å². The number of guanidine groups is 1. The first kappa shape index (κ1) is 22.0. The predicted octanol–water partition coefficient (Wildman–Crippen LogP) is 3.14. The first-order chi connectivity index (χ1) is 14.3. The molecule has 7 nitrogen and oxygen atoms in total. The Morgan fingerprint density at radius 2 is 2.13 bits per heavy atom. The number of amides is 1. The third-order valence-electron chi connectivity index (χ3n) is 4.35. The molecule has 3 N–H and O–H groups in total. The summed E-state index contributed by atoms with van der Waals surface area (Å²) in [5, 5.41) is 10.2. The average Bonchev–Trinajstić information content (AvgIpc) is 3.40. The van der Waals surface area contributed by atoms with Crippen LogP contribution >= 0.6 is 11.3 Å². The normalized spacial score (nSPS) is 17.1. The quantitative estimate of drug-likeness (QED) is 0.474. The number of aliphatic imine (C=N–C) groups is 1. The van der Waals surface area contributed by atoms with Gasteiger partial charge in [0.2, 0.25) is 0 Å². The van der Waals surface area contributed by atoms with Crippen molar-refractivity contribution < 1.29 is 22.7 Å². The van der Waals surface area contributed by atoms with Crippen molar-refractivity contribution in [3.63, 3.8) is 0 Å². The molecule has 0 aliphatic carbocycles. The van der Waals surface area contributed by atoms with E-state index >= 15 is 0 Å². The molecule has 0 radical (unpaired) electrons. The number of nitrogens with zero attached hydrogens (tertiary/aromatic N) is 2. The van der Waals surface area contributed by atoms with Crippen LogP contribution in [0, 0.1) is 0 Å². The highest BCUT2D eigenvalue weighted by molar-refractivity contribution is 7.09. The Hall–Kier alpha value is -2.66. The van der Waals surface area contributed by atoms with E-state index in [0.717, 1.165) is 35.1 Å². The lowest BCUT2D eigenvalue weighted by Crippen LogP contribution is -2.36. The summed E-state index contributed by atoms with van der Waals surface area (Å²) in [7, 11) is 1.57. The molecule has 1 aromatic heterocycles. The zero-order valence-electron chi connectivity index (χ0n) is 16.3. The molecule has 1 aromatic carbocycles. The van der Waals surface area contributed by atoms with E-state index in [0.29, 0.717) is 29.8 Å². The summed E-state index contributed by atoms with van der Waals surface area (Å²) >= 11 is 0.934. The number of ether oxygens (including phenoxy) is 1. The van der Waals surface area contributed by atoms with Gasteiger partial charge in [-0.1, -0.05) is 12.1 Å². The number of anilines is 1. The number of nitrogens with one attached hydrogen (secondary N) is 3. The summed E-state index contributed by atoms with van der Waals surface area (Å²) in [6.45, 7) is 1.14. The van der Waals surface area contributed by atoms with E-state index in [-0.39, 0.29) is 12.5 Å². The van der Waals surface area contributed by atoms with Gasteiger partial charge in [0.05, 0.1) is 6.54 Å². The van der Waals surface area contributed by atoms with Crippen LogP contribution in [0.15, 0.2) is 34.6 Å². The fourth-order valence-electron chi connectivity index (χ4n) is 2.85. The van der Waals surface area contributed by atoms with Crippen LogP contribution in [0.25, 0.3) is 0 Å². The summed E-state index contributed by atoms with van der Waals surface area (Å²) in [5.41, 5.74) is 0.672. The lowest BCUT2D eigenvalue weighted by atomic mass is 10.2. The highest BCUT2D eigenvalue weighted by Gasteiger charge is 2.33. The number of aromatic nitrogens is 1. The van der Waals surface area contributed by atoms with Crippen LogP contribution in [0.3, 0.4) is 0 Å². The second-order valence-electron chi connectivity index (χ2n) is 6.59. The minimum absolute atomic E-state index is 0.123. The van der Waals surface area contributed by atoms with Gasteiger partial charge in [-0.05, 0) is 30.5 Å². The van der Waals surface area contributed by atoms with Crippen molar-refractivity contribution in [3.8, 4) is 0 Å². The average molecular weight is 441 g/mol. The molecule has 30 heavy (non-hydrogen) atoms. The molecule has 1 fully saturated rings. The zero-order valence-corrected chi connectivity index (χ0v) is 17.1. The van der Waals surface area contributed by atoms with Crippen molar-refractivity contribution in [3.05, 3.63) is 45.9 Å². The number of benzene rings is 1. The Morgan fingerprint density at radius 3 is 2.80 bits per heavy atom. The summed E-state index contributed by atoms with van der Waals surface area (Å²) < 4.78 is 43.3. The van der Waals surface area contributed by atoms with Crippen LogP contribution in [0.2, 0.25) is 0 Å². The SMILES string of the molecule is CN=C(NCc1cccc(NC(=O)C2CCCO2)c1)NCc1nc(C(F)(F)F)cs1. The first-order valence-electron chi connectivity index (χ1n) is 9.32. The molecule has 3 rings (SSSR count). The van der Waals surface area contributed by atoms with Crippen LogP contribution in [0.4, 0.5) is 18.9 Å². The molecule has 1 aliphatic heterocycles. The number of carbonyl (C=O) groups excluding carboxylic acids is 1. The fraction of sp³-hybridized carbons (Fsp3) is 0.421. The van der Waals surface area contributed by atoms with Crippen molar-refractivity contribution in [2.45, 2.75) is 38.2 Å². The Labute approximate surface area is 175 Å². The Balaban J connectivity index is 1.50. The molecule has 0 spiro atoms. The number of hydrogen-bond acceptors (Lipinski definition) is 5. The number of thiazole rings is 1. The molecule has 1 aliphatic rings. The molecule has 1 unspecified atom stereocenters. The lowest BCUT2D eigenvalue weighted by molar-refractivity contribution is -0.140. The van der Waals surface area contributed by atoms with Gasteiger partial charge in [0.15, 0.2) is 11.7 Å². The van der Waals surface area contributed by atoms with Crippen molar-refractivity contribution in [2.24, 2.45) is 4.99 Å². The summed E-state index contributed by atoms with van der Waals surface area (Å²) in [4.78, 5) is 19.8. The third kappa shape index (κ3) is 6.17. The van der Waals surface area contributed by atoms with E-state index in [1.165, 1.54) is 0 Å². The Bertz CT molecular complexity index is 894. The van der Waals surface area contributed by atoms with Crippen LogP contribution in [0.1, 0.15) is 29.1 Å². The van der Waals surface area contributed by atoms with E-state index in [4.69, 9.17) is 4.74 Å². The smallest absolute Gasteiger partial charge is 0.368 e. The third-order valence-corrected chi connectivity index (χ3v) is 5.20. The van der Waals surface area contributed by atoms with Crippen molar-refractivity contribution in [1.82, 2.24) is 15.6 Å². The summed E-state index contributed by atoms with van der Waals surface area (Å²) in [6.07, 6.45) is -3.25. The molecule has 11 heteroatoms. The van der Waals surface area contributed by atoms with Gasteiger partial charge in [0.1, 0.15) is 11.1 Å². The minimum Gasteiger partial charge on any atom is -0.368 e. The number of rotatable bonds is 6. The van der Waals surface area contributed by atoms with Gasteiger partial charge in [0.25, 0.3) is 5.91 Å². The number of alkyl halides is 3. The molecule has 1 amide bonds. The zero-order chi connectivity index (χ0) is 21.6. The van der Waals surface area contributed by atoms with E-state index < -0.39 is 18.0 Å². The van der Waals surface area contributed by atoms with E-state index in [1.807, 2.05) is 18.2 Å². The van der Waals surface area contributed by atoms with Crippen LogP contribution < -0.4 is 16.0 Å². The molecule has 162 valence electrons. The van der Waals surface area contributed by atoms with Gasteiger partial charge in [0, 0.05) is 31.3 Å². The molecule has 0 saturated carbocycles. The van der Waals surface area contributed by atoms with E-state index in [9.17, 15) is 18.0 Å². The second kappa shape index (κ2) is 9.90. The molecule has 1 saturated heterocycles. The topological polar surface area (TPSA) is 87.6 Å². The van der Waals surface area contributed by atoms with Gasteiger partial charge in [-0.2, -0.15) is 13.2 Å². The van der Waals surface area contributed by atoms with Crippen LogP contribution in [-0.2, 0) is 28.8 Å². The maximum Gasteiger partial charge on any atom is 0.434 e. The minimum atomic E-state index is -4.45. The number of hydrogen-bond donors (Lipinski definition) is 3. The Kier molecular flexibility index (Phi) is 7.27. The Morgan fingerprint density at radius 1 is 1.33 bits per heavy atom. The van der Waals surface area contributed by atoms with E-state index in [2.05, 4.69) is 25.9 Å².